The highest BCUT2D eigenvalue weighted by atomic mass is 32.2. The van der Waals surface area contributed by atoms with Crippen LogP contribution in [-0.2, 0) is 11.3 Å². The zero-order valence-corrected chi connectivity index (χ0v) is 20.1. The van der Waals surface area contributed by atoms with Gasteiger partial charge in [-0.15, -0.1) is 0 Å². The van der Waals surface area contributed by atoms with Crippen LogP contribution in [0.1, 0.15) is 38.2 Å². The van der Waals surface area contributed by atoms with Crippen LogP contribution in [0.4, 0.5) is 10.3 Å². The number of thioether (sulfide) groups is 1. The molecule has 0 aliphatic carbocycles. The van der Waals surface area contributed by atoms with Gasteiger partial charge in [0.25, 0.3) is 0 Å². The van der Waals surface area contributed by atoms with Crippen LogP contribution in [0, 0.1) is 11.7 Å². The highest BCUT2D eigenvalue weighted by molar-refractivity contribution is 7.99. The van der Waals surface area contributed by atoms with Crippen LogP contribution in [0.25, 0.3) is 11.0 Å². The number of benzene rings is 2. The number of carbonyl (C=O) groups excluding carboxylic acids is 1. The molecule has 33 heavy (non-hydrogen) atoms. The molecule has 2 aromatic carbocycles. The first-order valence-electron chi connectivity index (χ1n) is 12.0. The van der Waals surface area contributed by atoms with E-state index in [4.69, 9.17) is 4.98 Å². The molecule has 0 unspecified atom stereocenters. The second-order valence-corrected chi connectivity index (χ2v) is 9.86. The summed E-state index contributed by atoms with van der Waals surface area (Å²) in [5, 5.41) is 3.13. The van der Waals surface area contributed by atoms with Gasteiger partial charge in [-0.1, -0.05) is 31.2 Å². The molecule has 1 N–H and O–H groups in total. The number of para-hydroxylation sites is 2. The van der Waals surface area contributed by atoms with E-state index < -0.39 is 0 Å². The van der Waals surface area contributed by atoms with Crippen molar-refractivity contribution >= 4 is 34.7 Å². The van der Waals surface area contributed by atoms with Crippen molar-refractivity contribution < 1.29 is 9.18 Å². The van der Waals surface area contributed by atoms with Crippen LogP contribution in [0.15, 0.2) is 48.5 Å². The van der Waals surface area contributed by atoms with Crippen molar-refractivity contribution in [3.63, 3.8) is 0 Å². The molecule has 1 aliphatic heterocycles. The van der Waals surface area contributed by atoms with Crippen molar-refractivity contribution in [1.29, 1.82) is 0 Å². The molecule has 176 valence electrons. The fraction of sp³-hybridized carbons (Fsp3) is 0.462. The van der Waals surface area contributed by atoms with Crippen LogP contribution in [0.5, 0.6) is 0 Å². The van der Waals surface area contributed by atoms with Gasteiger partial charge >= 0.3 is 0 Å². The van der Waals surface area contributed by atoms with Gasteiger partial charge in [-0.05, 0) is 67.0 Å². The van der Waals surface area contributed by atoms with Gasteiger partial charge in [0, 0.05) is 25.6 Å². The molecule has 1 aliphatic rings. The van der Waals surface area contributed by atoms with Crippen molar-refractivity contribution in [2.75, 3.05) is 36.0 Å². The Morgan fingerprint density at radius 1 is 1.15 bits per heavy atom. The predicted octanol–water partition coefficient (Wildman–Crippen LogP) is 5.09. The van der Waals surface area contributed by atoms with Gasteiger partial charge < -0.3 is 14.8 Å². The van der Waals surface area contributed by atoms with E-state index in [-0.39, 0.29) is 17.6 Å². The van der Waals surface area contributed by atoms with Crippen LogP contribution in [0.2, 0.25) is 0 Å². The molecule has 1 aromatic heterocycles. The number of hydrogen-bond acceptors (Lipinski definition) is 4. The maximum Gasteiger partial charge on any atom is 0.223 e. The molecule has 0 atom stereocenters. The van der Waals surface area contributed by atoms with E-state index >= 15 is 0 Å². The van der Waals surface area contributed by atoms with E-state index in [2.05, 4.69) is 27.8 Å². The Bertz CT molecular complexity index is 1060. The summed E-state index contributed by atoms with van der Waals surface area (Å²) in [6.45, 7) is 5.09. The third-order valence-electron chi connectivity index (χ3n) is 6.13. The van der Waals surface area contributed by atoms with Crippen molar-refractivity contribution in [3.8, 4) is 0 Å². The Morgan fingerprint density at radius 2 is 1.97 bits per heavy atom. The number of rotatable bonds is 10. The summed E-state index contributed by atoms with van der Waals surface area (Å²) in [6.07, 6.45) is 3.87. The molecule has 7 heteroatoms. The molecule has 0 bridgehead atoms. The summed E-state index contributed by atoms with van der Waals surface area (Å²) in [5.41, 5.74) is 2.88. The number of hydrogen-bond donors (Lipinski definition) is 1. The number of nitrogens with zero attached hydrogens (tertiary/aromatic N) is 3. The highest BCUT2D eigenvalue weighted by Gasteiger charge is 2.27. The number of carbonyl (C=O) groups is 1. The Kier molecular flexibility index (Phi) is 8.26. The summed E-state index contributed by atoms with van der Waals surface area (Å²) in [4.78, 5) is 19.8. The summed E-state index contributed by atoms with van der Waals surface area (Å²) >= 11 is 1.95. The average Bonchev–Trinajstić information content (AvgIpc) is 3.19. The lowest BCUT2D eigenvalue weighted by Crippen LogP contribution is -2.41. The Labute approximate surface area is 199 Å². The minimum absolute atomic E-state index is 0.0607. The number of piperidine rings is 1. The van der Waals surface area contributed by atoms with Crippen LogP contribution >= 0.6 is 11.8 Å². The SMILES string of the molecule is CCCSCCCNC(=O)C1CCN(c2nc3ccccc3n2Cc2cccc(F)c2)CC1. The molecule has 0 saturated carbocycles. The summed E-state index contributed by atoms with van der Waals surface area (Å²) in [7, 11) is 0. The number of fused-ring (bicyclic) bond motifs is 1. The normalized spacial score (nSPS) is 14.7. The molecular weight excluding hydrogens is 435 g/mol. The minimum atomic E-state index is -0.228. The zero-order chi connectivity index (χ0) is 23.0. The molecule has 1 fully saturated rings. The van der Waals surface area contributed by atoms with Crippen molar-refractivity contribution in [1.82, 2.24) is 14.9 Å². The fourth-order valence-corrected chi connectivity index (χ4v) is 5.24. The lowest BCUT2D eigenvalue weighted by atomic mass is 9.96. The van der Waals surface area contributed by atoms with Gasteiger partial charge in [-0.2, -0.15) is 11.8 Å². The van der Waals surface area contributed by atoms with Gasteiger partial charge in [-0.3, -0.25) is 4.79 Å². The molecule has 1 amide bonds. The smallest absolute Gasteiger partial charge is 0.223 e. The van der Waals surface area contributed by atoms with Gasteiger partial charge in [0.1, 0.15) is 5.82 Å². The standard InChI is InChI=1S/C26H33FN4OS/c1-2-16-33-17-6-13-28-25(32)21-11-14-30(15-12-21)26-29-23-9-3-4-10-24(23)31(26)19-20-7-5-8-22(27)18-20/h3-5,7-10,18,21H,2,6,11-17,19H2,1H3,(H,28,32). The summed E-state index contributed by atoms with van der Waals surface area (Å²) in [5.74, 6) is 3.21. The highest BCUT2D eigenvalue weighted by Crippen LogP contribution is 2.28. The van der Waals surface area contributed by atoms with Gasteiger partial charge in [0.05, 0.1) is 17.6 Å². The minimum Gasteiger partial charge on any atom is -0.356 e. The van der Waals surface area contributed by atoms with Gasteiger partial charge in [0.15, 0.2) is 0 Å². The molecule has 0 spiro atoms. The first-order chi connectivity index (χ1) is 16.2. The lowest BCUT2D eigenvalue weighted by molar-refractivity contribution is -0.125. The van der Waals surface area contributed by atoms with E-state index in [9.17, 15) is 9.18 Å². The van der Waals surface area contributed by atoms with Crippen molar-refractivity contribution in [3.05, 3.63) is 59.9 Å². The third kappa shape index (κ3) is 6.08. The summed E-state index contributed by atoms with van der Waals surface area (Å²) in [6, 6.07) is 14.8. The lowest BCUT2D eigenvalue weighted by Gasteiger charge is -2.32. The molecule has 4 rings (SSSR count). The van der Waals surface area contributed by atoms with Crippen molar-refractivity contribution in [2.45, 2.75) is 39.2 Å². The Balaban J connectivity index is 1.39. The predicted molar refractivity (Wildman–Crippen MR) is 135 cm³/mol. The maximum atomic E-state index is 13.8. The number of aromatic nitrogens is 2. The number of anilines is 1. The van der Waals surface area contributed by atoms with E-state index in [0.29, 0.717) is 6.54 Å². The molecule has 1 saturated heterocycles. The Morgan fingerprint density at radius 3 is 2.76 bits per heavy atom. The van der Waals surface area contributed by atoms with E-state index in [1.807, 2.05) is 36.0 Å². The Hall–Kier alpha value is -2.54. The molecular formula is C26H33FN4OS. The zero-order valence-electron chi connectivity index (χ0n) is 19.3. The maximum absolute atomic E-state index is 13.8. The number of amides is 1. The van der Waals surface area contributed by atoms with Crippen LogP contribution in [0.3, 0.4) is 0 Å². The monoisotopic (exact) mass is 468 g/mol. The molecule has 5 nitrogen and oxygen atoms in total. The van der Waals surface area contributed by atoms with Crippen LogP contribution in [-0.4, -0.2) is 46.6 Å². The number of halogens is 1. The number of imidazole rings is 1. The second kappa shape index (κ2) is 11.5. The molecule has 3 aromatic rings. The average molecular weight is 469 g/mol. The molecule has 2 heterocycles. The third-order valence-corrected chi connectivity index (χ3v) is 7.40. The van der Waals surface area contributed by atoms with Gasteiger partial charge in [-0.25, -0.2) is 9.37 Å². The van der Waals surface area contributed by atoms with E-state index in [1.54, 1.807) is 12.1 Å². The number of nitrogens with one attached hydrogen (secondary N) is 1. The van der Waals surface area contributed by atoms with E-state index in [0.717, 1.165) is 67.2 Å². The van der Waals surface area contributed by atoms with E-state index in [1.165, 1.54) is 18.2 Å². The van der Waals surface area contributed by atoms with Crippen molar-refractivity contribution in [2.24, 2.45) is 5.92 Å². The molecule has 0 radical (unpaired) electrons. The first-order valence-corrected chi connectivity index (χ1v) is 13.1. The topological polar surface area (TPSA) is 50.2 Å². The summed E-state index contributed by atoms with van der Waals surface area (Å²) < 4.78 is 15.9. The first kappa shape index (κ1) is 23.6. The van der Waals surface area contributed by atoms with Gasteiger partial charge in [0.2, 0.25) is 11.9 Å². The van der Waals surface area contributed by atoms with Crippen LogP contribution < -0.4 is 10.2 Å². The largest absolute Gasteiger partial charge is 0.356 e. The quantitative estimate of drug-likeness (QED) is 0.421. The fourth-order valence-electron chi connectivity index (χ4n) is 4.40. The second-order valence-electron chi connectivity index (χ2n) is 8.63.